The molecule has 0 bridgehead atoms. The summed E-state index contributed by atoms with van der Waals surface area (Å²) in [5, 5.41) is 17.8. The van der Waals surface area contributed by atoms with Gasteiger partial charge in [-0.1, -0.05) is 0 Å². The fourth-order valence-electron chi connectivity index (χ4n) is 2.62. The van der Waals surface area contributed by atoms with Gasteiger partial charge in [-0.25, -0.2) is 9.59 Å². The van der Waals surface area contributed by atoms with Crippen LogP contribution in [0.5, 0.6) is 5.75 Å². The van der Waals surface area contributed by atoms with E-state index in [1.54, 1.807) is 43.3 Å². The number of benzene rings is 2. The lowest BCUT2D eigenvalue weighted by Gasteiger charge is -2.19. The summed E-state index contributed by atoms with van der Waals surface area (Å²) in [5.41, 5.74) is 1.33. The van der Waals surface area contributed by atoms with E-state index in [4.69, 9.17) is 19.8 Å². The maximum atomic E-state index is 12.1. The molecule has 1 fully saturated rings. The van der Waals surface area contributed by atoms with Gasteiger partial charge in [-0.3, -0.25) is 4.90 Å². The number of ether oxygens (including phenoxy) is 2. The molecule has 7 heteroatoms. The number of carboxylic acid groups (broad SMARTS) is 1. The highest BCUT2D eigenvalue weighted by Crippen LogP contribution is 2.25. The van der Waals surface area contributed by atoms with E-state index in [9.17, 15) is 9.59 Å². The van der Waals surface area contributed by atoms with E-state index in [0.717, 1.165) is 0 Å². The lowest BCUT2D eigenvalue weighted by Crippen LogP contribution is -2.33. The number of hydrogen-bond acceptors (Lipinski definition) is 5. The van der Waals surface area contributed by atoms with Gasteiger partial charge in [0.15, 0.2) is 6.10 Å². The maximum Gasteiger partial charge on any atom is 0.414 e. The summed E-state index contributed by atoms with van der Waals surface area (Å²) in [6.07, 6.45) is -1.37. The van der Waals surface area contributed by atoms with Crippen molar-refractivity contribution >= 4 is 17.7 Å². The number of rotatable bonds is 5. The summed E-state index contributed by atoms with van der Waals surface area (Å²) in [4.78, 5) is 24.5. The van der Waals surface area contributed by atoms with Gasteiger partial charge in [0.25, 0.3) is 0 Å². The smallest absolute Gasteiger partial charge is 0.414 e. The highest BCUT2D eigenvalue weighted by molar-refractivity contribution is 5.90. The van der Waals surface area contributed by atoms with Gasteiger partial charge in [-0.15, -0.1) is 0 Å². The molecular formula is C19H16N2O5. The fraction of sp³-hybridized carbons (Fsp3) is 0.211. The first-order valence-electron chi connectivity index (χ1n) is 7.96. The van der Waals surface area contributed by atoms with Crippen molar-refractivity contribution in [3.63, 3.8) is 0 Å². The zero-order chi connectivity index (χ0) is 18.7. The molecule has 2 atom stereocenters. The summed E-state index contributed by atoms with van der Waals surface area (Å²) in [5.74, 6) is -0.511. The summed E-state index contributed by atoms with van der Waals surface area (Å²) in [7, 11) is 0. The number of carboxylic acids is 1. The Morgan fingerprint density at radius 1 is 1.27 bits per heavy atom. The molecule has 7 nitrogen and oxygen atoms in total. The topological polar surface area (TPSA) is 99.9 Å². The minimum Gasteiger partial charge on any atom is -0.487 e. The summed E-state index contributed by atoms with van der Waals surface area (Å²) >= 11 is 0. The van der Waals surface area contributed by atoms with E-state index in [-0.39, 0.29) is 5.56 Å². The summed E-state index contributed by atoms with van der Waals surface area (Å²) in [6, 6.07) is 14.7. The van der Waals surface area contributed by atoms with Gasteiger partial charge in [-0.2, -0.15) is 5.26 Å². The quantitative estimate of drug-likeness (QED) is 0.888. The lowest BCUT2D eigenvalue weighted by molar-refractivity contribution is 0.0578. The van der Waals surface area contributed by atoms with Crippen LogP contribution in [0.4, 0.5) is 10.5 Å². The van der Waals surface area contributed by atoms with Crippen LogP contribution in [0.3, 0.4) is 0 Å². The molecule has 2 aromatic carbocycles. The number of hydrogen-bond donors (Lipinski definition) is 1. The summed E-state index contributed by atoms with van der Waals surface area (Å²) in [6.45, 7) is 2.10. The van der Waals surface area contributed by atoms with Gasteiger partial charge in [0.05, 0.1) is 23.7 Å². The van der Waals surface area contributed by atoms with Crippen LogP contribution in [0.15, 0.2) is 48.5 Å². The lowest BCUT2D eigenvalue weighted by atomic mass is 10.2. The number of nitriles is 1. The Kier molecular flexibility index (Phi) is 4.76. The van der Waals surface area contributed by atoms with Gasteiger partial charge >= 0.3 is 12.1 Å². The second-order valence-electron chi connectivity index (χ2n) is 5.84. The van der Waals surface area contributed by atoms with Crippen molar-refractivity contribution in [3.8, 4) is 11.8 Å². The van der Waals surface area contributed by atoms with Crippen LogP contribution in [-0.4, -0.2) is 35.9 Å². The Balaban J connectivity index is 1.65. The number of nitrogens with zero attached hydrogens (tertiary/aromatic N) is 2. The van der Waals surface area contributed by atoms with Gasteiger partial charge in [0, 0.05) is 5.69 Å². The first kappa shape index (κ1) is 17.3. The molecule has 2 aromatic rings. The standard InChI is InChI=1S/C19H16N2O5/c1-12(25-16-8-4-14(5-9-16)18(22)23)17-11-21(19(24)26-17)15-6-2-13(10-20)3-7-15/h2-9,12,17H,11H2,1H3,(H,22,23). The monoisotopic (exact) mass is 352 g/mol. The predicted octanol–water partition coefficient (Wildman–Crippen LogP) is 3.05. The highest BCUT2D eigenvalue weighted by Gasteiger charge is 2.36. The minimum atomic E-state index is -1.01. The number of carbonyl (C=O) groups excluding carboxylic acids is 1. The normalized spacial score (nSPS) is 17.3. The van der Waals surface area contributed by atoms with Crippen LogP contribution in [0.2, 0.25) is 0 Å². The summed E-state index contributed by atoms with van der Waals surface area (Å²) < 4.78 is 11.1. The first-order valence-corrected chi connectivity index (χ1v) is 7.96. The molecule has 0 spiro atoms. The van der Waals surface area contributed by atoms with Gasteiger partial charge in [-0.05, 0) is 55.5 Å². The van der Waals surface area contributed by atoms with Crippen molar-refractivity contribution < 1.29 is 24.2 Å². The number of cyclic esters (lactones) is 1. The number of aromatic carboxylic acids is 1. The van der Waals surface area contributed by atoms with E-state index in [0.29, 0.717) is 23.5 Å². The minimum absolute atomic E-state index is 0.171. The molecule has 1 aliphatic heterocycles. The third-order valence-electron chi connectivity index (χ3n) is 4.09. The third-order valence-corrected chi connectivity index (χ3v) is 4.09. The van der Waals surface area contributed by atoms with Crippen molar-refractivity contribution in [1.82, 2.24) is 0 Å². The Hall–Kier alpha value is -3.53. The maximum absolute atomic E-state index is 12.1. The Morgan fingerprint density at radius 2 is 1.92 bits per heavy atom. The molecule has 1 aliphatic rings. The molecule has 0 aliphatic carbocycles. The van der Waals surface area contributed by atoms with E-state index < -0.39 is 24.3 Å². The second-order valence-corrected chi connectivity index (χ2v) is 5.84. The molecular weight excluding hydrogens is 336 g/mol. The third kappa shape index (κ3) is 3.59. The molecule has 0 radical (unpaired) electrons. The molecule has 1 N–H and O–H groups in total. The van der Waals surface area contributed by atoms with E-state index in [1.165, 1.54) is 17.0 Å². The second kappa shape index (κ2) is 7.15. The van der Waals surface area contributed by atoms with Gasteiger partial charge < -0.3 is 14.6 Å². The van der Waals surface area contributed by atoms with E-state index >= 15 is 0 Å². The van der Waals surface area contributed by atoms with Crippen molar-refractivity contribution in [2.75, 3.05) is 11.4 Å². The SMILES string of the molecule is CC(Oc1ccc(C(=O)O)cc1)C1CN(c2ccc(C#N)cc2)C(=O)O1. The molecule has 1 amide bonds. The number of carbonyl (C=O) groups is 2. The largest absolute Gasteiger partial charge is 0.487 e. The van der Waals surface area contributed by atoms with Crippen molar-refractivity contribution in [3.05, 3.63) is 59.7 Å². The Morgan fingerprint density at radius 3 is 2.50 bits per heavy atom. The Bertz CT molecular complexity index is 855. The van der Waals surface area contributed by atoms with Crippen LogP contribution < -0.4 is 9.64 Å². The van der Waals surface area contributed by atoms with Crippen LogP contribution in [-0.2, 0) is 4.74 Å². The Labute approximate surface area is 150 Å². The van der Waals surface area contributed by atoms with Crippen molar-refractivity contribution in [2.24, 2.45) is 0 Å². The molecule has 0 saturated carbocycles. The molecule has 0 aromatic heterocycles. The number of amides is 1. The van der Waals surface area contributed by atoms with Crippen LogP contribution in [0.1, 0.15) is 22.8 Å². The molecule has 1 saturated heterocycles. The van der Waals surface area contributed by atoms with E-state index in [2.05, 4.69) is 0 Å². The van der Waals surface area contributed by atoms with E-state index in [1.807, 2.05) is 6.07 Å². The average Bonchev–Trinajstić information content (AvgIpc) is 3.04. The average molecular weight is 352 g/mol. The molecule has 132 valence electrons. The molecule has 2 unspecified atom stereocenters. The predicted molar refractivity (Wildman–Crippen MR) is 92.3 cm³/mol. The van der Waals surface area contributed by atoms with Crippen LogP contribution in [0, 0.1) is 11.3 Å². The zero-order valence-electron chi connectivity index (χ0n) is 14.0. The highest BCUT2D eigenvalue weighted by atomic mass is 16.6. The first-order chi connectivity index (χ1) is 12.5. The van der Waals surface area contributed by atoms with Gasteiger partial charge in [0.2, 0.25) is 0 Å². The van der Waals surface area contributed by atoms with Gasteiger partial charge in [0.1, 0.15) is 11.9 Å². The zero-order valence-corrected chi connectivity index (χ0v) is 14.0. The van der Waals surface area contributed by atoms with Crippen molar-refractivity contribution in [1.29, 1.82) is 5.26 Å². The van der Waals surface area contributed by atoms with Crippen molar-refractivity contribution in [2.45, 2.75) is 19.1 Å². The molecule has 26 heavy (non-hydrogen) atoms. The fourth-order valence-corrected chi connectivity index (χ4v) is 2.62. The van der Waals surface area contributed by atoms with Crippen LogP contribution in [0.25, 0.3) is 0 Å². The molecule has 1 heterocycles. The number of anilines is 1. The van der Waals surface area contributed by atoms with Crippen LogP contribution >= 0.6 is 0 Å². The molecule has 3 rings (SSSR count).